The van der Waals surface area contributed by atoms with Gasteiger partial charge in [-0.1, -0.05) is 18.2 Å². The minimum absolute atomic E-state index is 0.192. The SMILES string of the molecule is O=C(O[C@H]1c2c(I)n[nH]c2CCC1(F)F)c1ccccc1. The summed E-state index contributed by atoms with van der Waals surface area (Å²) in [6, 6.07) is 8.11. The first-order chi connectivity index (χ1) is 9.99. The number of hydrogen-bond acceptors (Lipinski definition) is 3. The molecule has 0 amide bonds. The van der Waals surface area contributed by atoms with E-state index in [0.717, 1.165) is 0 Å². The van der Waals surface area contributed by atoms with Crippen LogP contribution in [0.25, 0.3) is 0 Å². The zero-order chi connectivity index (χ0) is 15.0. The molecule has 1 aromatic heterocycles. The number of carbonyl (C=O) groups excluding carboxylic acids is 1. The van der Waals surface area contributed by atoms with Gasteiger partial charge in [-0.25, -0.2) is 13.6 Å². The summed E-state index contributed by atoms with van der Waals surface area (Å²) < 4.78 is 33.8. The van der Waals surface area contributed by atoms with Gasteiger partial charge in [0.25, 0.3) is 5.92 Å². The van der Waals surface area contributed by atoms with E-state index in [0.29, 0.717) is 9.39 Å². The Balaban J connectivity index is 1.93. The maximum absolute atomic E-state index is 14.2. The highest BCUT2D eigenvalue weighted by molar-refractivity contribution is 14.1. The molecule has 1 atom stereocenters. The van der Waals surface area contributed by atoms with Crippen molar-refractivity contribution in [2.75, 3.05) is 0 Å². The van der Waals surface area contributed by atoms with E-state index < -0.39 is 18.0 Å². The van der Waals surface area contributed by atoms with Crippen LogP contribution in [0.2, 0.25) is 0 Å². The topological polar surface area (TPSA) is 55.0 Å². The average Bonchev–Trinajstić information content (AvgIpc) is 2.84. The molecule has 7 heteroatoms. The number of carbonyl (C=O) groups is 1. The molecule has 0 spiro atoms. The van der Waals surface area contributed by atoms with Crippen molar-refractivity contribution in [3.8, 4) is 0 Å². The number of rotatable bonds is 2. The number of esters is 1. The van der Waals surface area contributed by atoms with E-state index in [4.69, 9.17) is 4.74 Å². The summed E-state index contributed by atoms with van der Waals surface area (Å²) in [5, 5.41) is 6.66. The fourth-order valence-corrected chi connectivity index (χ4v) is 3.08. The lowest BCUT2D eigenvalue weighted by Gasteiger charge is -2.30. The summed E-state index contributed by atoms with van der Waals surface area (Å²) in [5.74, 6) is -3.86. The number of hydrogen-bond donors (Lipinski definition) is 1. The Kier molecular flexibility index (Phi) is 3.68. The largest absolute Gasteiger partial charge is 0.447 e. The molecule has 0 bridgehead atoms. The third kappa shape index (κ3) is 2.66. The fourth-order valence-electron chi connectivity index (χ4n) is 2.35. The number of aromatic amines is 1. The molecule has 0 fully saturated rings. The van der Waals surface area contributed by atoms with Gasteiger partial charge in [-0.05, 0) is 41.1 Å². The predicted octanol–water partition coefficient (Wildman–Crippen LogP) is 3.49. The number of nitrogens with one attached hydrogen (secondary N) is 1. The number of nitrogens with zero attached hydrogens (tertiary/aromatic N) is 1. The summed E-state index contributed by atoms with van der Waals surface area (Å²) in [4.78, 5) is 12.1. The smallest absolute Gasteiger partial charge is 0.338 e. The lowest BCUT2D eigenvalue weighted by molar-refractivity contribution is -0.127. The summed E-state index contributed by atoms with van der Waals surface area (Å²) in [5.41, 5.74) is 1.14. The molecule has 2 aromatic rings. The maximum atomic E-state index is 14.2. The number of aromatic nitrogens is 2. The van der Waals surface area contributed by atoms with E-state index in [1.165, 1.54) is 12.1 Å². The molecule has 0 radical (unpaired) electrons. The van der Waals surface area contributed by atoms with E-state index in [9.17, 15) is 13.6 Å². The third-order valence-electron chi connectivity index (χ3n) is 3.42. The Morgan fingerprint density at radius 1 is 1.38 bits per heavy atom. The van der Waals surface area contributed by atoms with Crippen molar-refractivity contribution >= 4 is 28.6 Å². The Hall–Kier alpha value is -1.51. The normalized spacial score (nSPS) is 19.9. The lowest BCUT2D eigenvalue weighted by Crippen LogP contribution is -2.35. The van der Waals surface area contributed by atoms with Crippen LogP contribution in [0, 0.1) is 3.70 Å². The molecule has 21 heavy (non-hydrogen) atoms. The minimum Gasteiger partial charge on any atom is -0.447 e. The molecule has 0 saturated heterocycles. The number of fused-ring (bicyclic) bond motifs is 1. The number of ether oxygens (including phenoxy) is 1. The molecule has 0 saturated carbocycles. The first-order valence-corrected chi connectivity index (χ1v) is 7.43. The summed E-state index contributed by atoms with van der Waals surface area (Å²) in [6.45, 7) is 0. The number of aryl methyl sites for hydroxylation is 1. The first-order valence-electron chi connectivity index (χ1n) is 6.35. The minimum atomic E-state index is -3.10. The number of H-pyrrole nitrogens is 1. The van der Waals surface area contributed by atoms with Crippen LogP contribution in [-0.4, -0.2) is 22.1 Å². The summed E-state index contributed by atoms with van der Waals surface area (Å²) in [6.07, 6.45) is -1.78. The van der Waals surface area contributed by atoms with Crippen LogP contribution < -0.4 is 0 Å². The van der Waals surface area contributed by atoms with E-state index in [1.54, 1.807) is 18.2 Å². The van der Waals surface area contributed by atoms with Crippen LogP contribution in [0.3, 0.4) is 0 Å². The van der Waals surface area contributed by atoms with Crippen molar-refractivity contribution in [3.63, 3.8) is 0 Å². The van der Waals surface area contributed by atoms with Crippen molar-refractivity contribution in [1.29, 1.82) is 0 Å². The Bertz CT molecular complexity index is 673. The van der Waals surface area contributed by atoms with E-state index in [1.807, 2.05) is 22.6 Å². The first kappa shape index (κ1) is 14.4. The highest BCUT2D eigenvalue weighted by Crippen LogP contribution is 2.45. The van der Waals surface area contributed by atoms with Gasteiger partial charge in [0.05, 0.1) is 11.1 Å². The third-order valence-corrected chi connectivity index (χ3v) is 4.25. The fraction of sp³-hybridized carbons (Fsp3) is 0.286. The van der Waals surface area contributed by atoms with Crippen LogP contribution in [-0.2, 0) is 11.2 Å². The highest BCUT2D eigenvalue weighted by atomic mass is 127. The van der Waals surface area contributed by atoms with Gasteiger partial charge in [0, 0.05) is 12.1 Å². The molecular weight excluding hydrogens is 393 g/mol. The molecule has 1 aromatic carbocycles. The molecule has 1 aliphatic carbocycles. The second-order valence-electron chi connectivity index (χ2n) is 4.82. The van der Waals surface area contributed by atoms with Crippen LogP contribution >= 0.6 is 22.6 Å². The number of benzene rings is 1. The van der Waals surface area contributed by atoms with Crippen LogP contribution in [0.5, 0.6) is 0 Å². The monoisotopic (exact) mass is 404 g/mol. The van der Waals surface area contributed by atoms with Gasteiger partial charge < -0.3 is 4.74 Å². The van der Waals surface area contributed by atoms with E-state index >= 15 is 0 Å². The van der Waals surface area contributed by atoms with E-state index in [2.05, 4.69) is 10.2 Å². The van der Waals surface area contributed by atoms with Crippen molar-refractivity contribution in [3.05, 3.63) is 50.9 Å². The highest BCUT2D eigenvalue weighted by Gasteiger charge is 2.49. The standard InChI is InChI=1S/C14H11F2IN2O2/c15-14(16)7-6-9-10(12(17)19-18-9)11(14)21-13(20)8-4-2-1-3-5-8/h1-5,11H,6-7H2,(H,18,19)/t11-/m0/s1. The Morgan fingerprint density at radius 2 is 2.10 bits per heavy atom. The Labute approximate surface area is 133 Å². The molecule has 0 unspecified atom stereocenters. The number of halogens is 3. The van der Waals surface area contributed by atoms with Crippen LogP contribution in [0.15, 0.2) is 30.3 Å². The van der Waals surface area contributed by atoms with Crippen molar-refractivity contribution < 1.29 is 18.3 Å². The van der Waals surface area contributed by atoms with Gasteiger partial charge in [0.15, 0.2) is 6.10 Å². The van der Waals surface area contributed by atoms with Crippen molar-refractivity contribution in [2.45, 2.75) is 24.9 Å². The average molecular weight is 404 g/mol. The Morgan fingerprint density at radius 3 is 2.81 bits per heavy atom. The van der Waals surface area contributed by atoms with Crippen molar-refractivity contribution in [1.82, 2.24) is 10.2 Å². The summed E-state index contributed by atoms with van der Waals surface area (Å²) >= 11 is 1.86. The van der Waals surface area contributed by atoms with Gasteiger partial charge >= 0.3 is 5.97 Å². The molecule has 3 rings (SSSR count). The second kappa shape index (κ2) is 5.36. The molecule has 110 valence electrons. The van der Waals surface area contributed by atoms with Gasteiger partial charge in [-0.15, -0.1) is 0 Å². The maximum Gasteiger partial charge on any atom is 0.338 e. The second-order valence-corrected chi connectivity index (χ2v) is 5.84. The van der Waals surface area contributed by atoms with Gasteiger partial charge in [0.1, 0.15) is 3.70 Å². The van der Waals surface area contributed by atoms with E-state index in [-0.39, 0.29) is 24.0 Å². The molecule has 0 aliphatic heterocycles. The molecule has 1 heterocycles. The van der Waals surface area contributed by atoms with Gasteiger partial charge in [-0.3, -0.25) is 5.10 Å². The van der Waals surface area contributed by atoms with Gasteiger partial charge in [0.2, 0.25) is 0 Å². The molecule has 1 N–H and O–H groups in total. The van der Waals surface area contributed by atoms with Crippen LogP contribution in [0.1, 0.15) is 34.1 Å². The zero-order valence-corrected chi connectivity index (χ0v) is 12.9. The quantitative estimate of drug-likeness (QED) is 0.616. The molecule has 1 aliphatic rings. The van der Waals surface area contributed by atoms with Crippen molar-refractivity contribution in [2.24, 2.45) is 0 Å². The number of alkyl halides is 2. The summed E-state index contributed by atoms with van der Waals surface area (Å²) in [7, 11) is 0. The zero-order valence-electron chi connectivity index (χ0n) is 10.8. The molecule has 4 nitrogen and oxygen atoms in total. The van der Waals surface area contributed by atoms with Crippen LogP contribution in [0.4, 0.5) is 8.78 Å². The lowest BCUT2D eigenvalue weighted by atomic mass is 9.91. The molecular formula is C14H11F2IN2O2. The van der Waals surface area contributed by atoms with Gasteiger partial charge in [-0.2, -0.15) is 5.10 Å². The predicted molar refractivity (Wildman–Crippen MR) is 79.2 cm³/mol.